The van der Waals surface area contributed by atoms with Crippen LogP contribution >= 0.6 is 0 Å². The van der Waals surface area contributed by atoms with Crippen LogP contribution in [-0.2, 0) is 20.0 Å². The van der Waals surface area contributed by atoms with Crippen LogP contribution in [-0.4, -0.2) is 43.0 Å². The van der Waals surface area contributed by atoms with Gasteiger partial charge < -0.3 is 19.7 Å². The van der Waals surface area contributed by atoms with Gasteiger partial charge in [0.2, 0.25) is 5.95 Å². The molecule has 2 aromatic heterocycles. The Kier molecular flexibility index (Phi) is 6.64. The number of benzene rings is 1. The smallest absolute Gasteiger partial charge is 0.329 e. The Hall–Kier alpha value is -3.07. The van der Waals surface area contributed by atoms with E-state index in [1.165, 1.54) is 16.6 Å². The van der Waals surface area contributed by atoms with Crippen LogP contribution in [0, 0.1) is 0 Å². The number of fused-ring (bicyclic) bond motifs is 1. The number of hydrogen-bond acceptors (Lipinski definition) is 6. The summed E-state index contributed by atoms with van der Waals surface area (Å²) >= 11 is 0. The van der Waals surface area contributed by atoms with Gasteiger partial charge in [-0.2, -0.15) is 4.98 Å². The molecule has 1 fully saturated rings. The second kappa shape index (κ2) is 9.60. The highest BCUT2D eigenvalue weighted by atomic mass is 16.5. The molecule has 1 aliphatic rings. The van der Waals surface area contributed by atoms with Crippen molar-refractivity contribution in [3.63, 3.8) is 0 Å². The SMILES string of the molecule is CCc1ccc(OCC(O)Cn2c(NC3CCCCC3)nc3c2c(=O)[nH]c(=O)n3C)cc1. The zero-order valence-corrected chi connectivity index (χ0v) is 18.6. The summed E-state index contributed by atoms with van der Waals surface area (Å²) in [5.74, 6) is 1.17. The minimum absolute atomic E-state index is 0.0671. The first-order valence-electron chi connectivity index (χ1n) is 11.3. The highest BCUT2D eigenvalue weighted by Gasteiger charge is 2.22. The number of hydrogen-bond donors (Lipinski definition) is 3. The summed E-state index contributed by atoms with van der Waals surface area (Å²) in [7, 11) is 1.57. The second-order valence-electron chi connectivity index (χ2n) is 8.48. The first-order valence-corrected chi connectivity index (χ1v) is 11.3. The van der Waals surface area contributed by atoms with E-state index in [0.29, 0.717) is 17.3 Å². The normalized spacial score (nSPS) is 15.7. The quantitative estimate of drug-likeness (QED) is 0.494. The summed E-state index contributed by atoms with van der Waals surface area (Å²) in [6.07, 6.45) is 5.63. The molecule has 9 nitrogen and oxygen atoms in total. The molecule has 2 heterocycles. The molecule has 0 aliphatic heterocycles. The Bertz CT molecular complexity index is 1170. The van der Waals surface area contributed by atoms with Crippen molar-refractivity contribution in [2.24, 2.45) is 7.05 Å². The summed E-state index contributed by atoms with van der Waals surface area (Å²) in [5, 5.41) is 14.1. The van der Waals surface area contributed by atoms with E-state index >= 15 is 0 Å². The van der Waals surface area contributed by atoms with Crippen LogP contribution in [0.3, 0.4) is 0 Å². The third-order valence-corrected chi connectivity index (χ3v) is 6.11. The lowest BCUT2D eigenvalue weighted by atomic mass is 9.96. The van der Waals surface area contributed by atoms with Crippen molar-refractivity contribution in [3.8, 4) is 5.75 Å². The van der Waals surface area contributed by atoms with Crippen LogP contribution in [0.25, 0.3) is 11.2 Å². The molecule has 0 amide bonds. The van der Waals surface area contributed by atoms with E-state index in [1.54, 1.807) is 11.6 Å². The molecule has 1 aromatic carbocycles. The van der Waals surface area contributed by atoms with Gasteiger partial charge in [0.05, 0.1) is 6.54 Å². The number of aliphatic hydroxyl groups excluding tert-OH is 1. The topological polar surface area (TPSA) is 114 Å². The fraction of sp³-hybridized carbons (Fsp3) is 0.522. The monoisotopic (exact) mass is 441 g/mol. The predicted molar refractivity (Wildman–Crippen MR) is 123 cm³/mol. The number of aromatic amines is 1. The Morgan fingerprint density at radius 3 is 2.62 bits per heavy atom. The molecule has 9 heteroatoms. The molecule has 172 valence electrons. The van der Waals surface area contributed by atoms with Crippen molar-refractivity contribution < 1.29 is 9.84 Å². The highest BCUT2D eigenvalue weighted by molar-refractivity contribution is 5.74. The van der Waals surface area contributed by atoms with Gasteiger partial charge in [-0.25, -0.2) is 4.79 Å². The second-order valence-corrected chi connectivity index (χ2v) is 8.48. The summed E-state index contributed by atoms with van der Waals surface area (Å²) in [5.41, 5.74) is 0.731. The molecular weight excluding hydrogens is 410 g/mol. The standard InChI is InChI=1S/C23H31N5O4/c1-3-15-9-11-18(12-10-15)32-14-17(29)13-28-19-20(27(2)23(31)26-21(19)30)25-22(28)24-16-7-5-4-6-8-16/h9-12,16-17,29H,3-8,13-14H2,1-2H3,(H,24,25)(H,26,30,31). The Morgan fingerprint density at radius 1 is 1.22 bits per heavy atom. The van der Waals surface area contributed by atoms with Gasteiger partial charge in [-0.15, -0.1) is 0 Å². The first-order chi connectivity index (χ1) is 15.5. The van der Waals surface area contributed by atoms with Crippen LogP contribution in [0.4, 0.5) is 5.95 Å². The maximum absolute atomic E-state index is 12.6. The molecule has 3 aromatic rings. The fourth-order valence-electron chi connectivity index (χ4n) is 4.23. The molecule has 0 spiro atoms. The number of aromatic nitrogens is 4. The number of imidazole rings is 1. The summed E-state index contributed by atoms with van der Waals surface area (Å²) in [6.45, 7) is 2.27. The molecule has 32 heavy (non-hydrogen) atoms. The van der Waals surface area contributed by atoms with E-state index in [0.717, 1.165) is 32.1 Å². The van der Waals surface area contributed by atoms with E-state index in [4.69, 9.17) is 4.74 Å². The minimum atomic E-state index is -0.873. The number of rotatable bonds is 8. The van der Waals surface area contributed by atoms with E-state index in [2.05, 4.69) is 22.2 Å². The van der Waals surface area contributed by atoms with Gasteiger partial charge >= 0.3 is 5.69 Å². The van der Waals surface area contributed by atoms with Crippen LogP contribution in [0.2, 0.25) is 0 Å². The Labute approximate surface area is 186 Å². The lowest BCUT2D eigenvalue weighted by Gasteiger charge is -2.24. The average molecular weight is 442 g/mol. The van der Waals surface area contributed by atoms with Crippen molar-refractivity contribution in [2.75, 3.05) is 11.9 Å². The maximum atomic E-state index is 12.6. The number of aryl methyl sites for hydroxylation is 2. The van der Waals surface area contributed by atoms with Crippen LogP contribution in [0.1, 0.15) is 44.6 Å². The average Bonchev–Trinajstić information content (AvgIpc) is 3.15. The lowest BCUT2D eigenvalue weighted by Crippen LogP contribution is -2.31. The molecule has 4 rings (SSSR count). The van der Waals surface area contributed by atoms with Crippen molar-refractivity contribution in [1.29, 1.82) is 0 Å². The van der Waals surface area contributed by atoms with Crippen molar-refractivity contribution in [1.82, 2.24) is 19.1 Å². The van der Waals surface area contributed by atoms with Crippen LogP contribution < -0.4 is 21.3 Å². The fourth-order valence-corrected chi connectivity index (χ4v) is 4.23. The van der Waals surface area contributed by atoms with E-state index < -0.39 is 17.4 Å². The zero-order valence-electron chi connectivity index (χ0n) is 18.6. The van der Waals surface area contributed by atoms with E-state index in [1.807, 2.05) is 24.3 Å². The van der Waals surface area contributed by atoms with Crippen molar-refractivity contribution in [3.05, 3.63) is 50.7 Å². The lowest BCUT2D eigenvalue weighted by molar-refractivity contribution is 0.0938. The summed E-state index contributed by atoms with van der Waals surface area (Å²) in [4.78, 5) is 31.6. The van der Waals surface area contributed by atoms with Gasteiger partial charge in [-0.3, -0.25) is 14.3 Å². The van der Waals surface area contributed by atoms with E-state index in [-0.39, 0.29) is 24.7 Å². The number of anilines is 1. The molecule has 1 unspecified atom stereocenters. The molecule has 0 saturated heterocycles. The largest absolute Gasteiger partial charge is 0.491 e. The Balaban J connectivity index is 1.58. The number of aliphatic hydroxyl groups is 1. The number of nitrogens with zero attached hydrogens (tertiary/aromatic N) is 3. The van der Waals surface area contributed by atoms with Crippen LogP contribution in [0.15, 0.2) is 33.9 Å². The molecule has 1 aliphatic carbocycles. The predicted octanol–water partition coefficient (Wildman–Crippen LogP) is 2.17. The molecule has 3 N–H and O–H groups in total. The van der Waals surface area contributed by atoms with Gasteiger partial charge in [0.15, 0.2) is 11.2 Å². The van der Waals surface area contributed by atoms with Crippen molar-refractivity contribution >= 4 is 17.1 Å². The van der Waals surface area contributed by atoms with Gasteiger partial charge in [0.1, 0.15) is 18.5 Å². The molecule has 1 saturated carbocycles. The Morgan fingerprint density at radius 2 is 1.94 bits per heavy atom. The highest BCUT2D eigenvalue weighted by Crippen LogP contribution is 2.23. The van der Waals surface area contributed by atoms with Gasteiger partial charge in [0, 0.05) is 13.1 Å². The molecule has 0 bridgehead atoms. The van der Waals surface area contributed by atoms with E-state index in [9.17, 15) is 14.7 Å². The van der Waals surface area contributed by atoms with Crippen molar-refractivity contribution in [2.45, 2.75) is 64.1 Å². The summed E-state index contributed by atoms with van der Waals surface area (Å²) < 4.78 is 8.73. The van der Waals surface area contributed by atoms with Gasteiger partial charge in [-0.1, -0.05) is 38.3 Å². The first kappa shape index (κ1) is 22.1. The third-order valence-electron chi connectivity index (χ3n) is 6.11. The summed E-state index contributed by atoms with van der Waals surface area (Å²) in [6, 6.07) is 8.01. The third kappa shape index (κ3) is 4.72. The minimum Gasteiger partial charge on any atom is -0.491 e. The molecule has 1 atom stereocenters. The maximum Gasteiger partial charge on any atom is 0.329 e. The van der Waals surface area contributed by atoms with Gasteiger partial charge in [0.25, 0.3) is 5.56 Å². The van der Waals surface area contributed by atoms with Gasteiger partial charge in [-0.05, 0) is 37.0 Å². The number of H-pyrrole nitrogens is 1. The molecular formula is C23H31N5O4. The molecule has 0 radical (unpaired) electrons. The zero-order chi connectivity index (χ0) is 22.7. The number of ether oxygens (including phenoxy) is 1. The van der Waals surface area contributed by atoms with Crippen LogP contribution in [0.5, 0.6) is 5.75 Å². The number of nitrogens with one attached hydrogen (secondary N) is 2.